The summed E-state index contributed by atoms with van der Waals surface area (Å²) in [5, 5.41) is 9.11. The van der Waals surface area contributed by atoms with Crippen LogP contribution in [-0.2, 0) is 9.59 Å². The third-order valence-electron chi connectivity index (χ3n) is 1.99. The molecule has 0 aromatic carbocycles. The first-order valence-corrected chi connectivity index (χ1v) is 4.76. The summed E-state index contributed by atoms with van der Waals surface area (Å²) in [5.74, 6) is -1.75. The Morgan fingerprint density at radius 3 is 2.00 bits per heavy atom. The van der Waals surface area contributed by atoms with Crippen LogP contribution in [0.15, 0.2) is 11.8 Å². The topological polar surface area (TPSA) is 57.6 Å². The molecule has 0 fully saturated rings. The highest BCUT2D eigenvalue weighted by atomic mass is 16.4. The summed E-state index contributed by atoms with van der Waals surface area (Å²) in [6.07, 6.45) is 2.17. The molecule has 86 valence electrons. The number of hydrogen-bond donors (Lipinski definition) is 1. The molecule has 0 amide bonds. The summed E-state index contributed by atoms with van der Waals surface area (Å²) in [6, 6.07) is 0. The summed E-state index contributed by atoms with van der Waals surface area (Å²) >= 11 is 0. The number of rotatable bonds is 4. The van der Waals surface area contributed by atoms with Gasteiger partial charge in [-0.3, -0.25) is 9.59 Å². The lowest BCUT2D eigenvalue weighted by Gasteiger charge is -2.27. The molecule has 15 heavy (non-hydrogen) atoms. The Morgan fingerprint density at radius 2 is 1.80 bits per heavy atom. The summed E-state index contributed by atoms with van der Waals surface area (Å²) in [4.78, 5) is 23.7. The van der Waals surface area contributed by atoms with Crippen molar-refractivity contribution in [2.45, 2.75) is 20.8 Å². The Hall–Kier alpha value is -1.32. The first-order valence-electron chi connectivity index (χ1n) is 4.76. The molecule has 0 saturated heterocycles. The summed E-state index contributed by atoms with van der Waals surface area (Å²) in [7, 11) is 3.51. The maximum Gasteiger partial charge on any atom is 0.311 e. The molecule has 1 N–H and O–H groups in total. The van der Waals surface area contributed by atoms with E-state index in [9.17, 15) is 9.59 Å². The summed E-state index contributed by atoms with van der Waals surface area (Å²) in [5.41, 5.74) is -0.186. The van der Waals surface area contributed by atoms with Crippen molar-refractivity contribution in [1.29, 1.82) is 0 Å². The van der Waals surface area contributed by atoms with E-state index in [4.69, 9.17) is 5.11 Å². The van der Waals surface area contributed by atoms with E-state index >= 15 is 0 Å². The van der Waals surface area contributed by atoms with E-state index in [1.165, 1.54) is 0 Å². The fourth-order valence-corrected chi connectivity index (χ4v) is 1.48. The molecule has 1 atom stereocenters. The molecule has 0 spiro atoms. The largest absolute Gasteiger partial charge is 0.481 e. The smallest absolute Gasteiger partial charge is 0.311 e. The van der Waals surface area contributed by atoms with E-state index in [0.717, 1.165) is 0 Å². The lowest BCUT2D eigenvalue weighted by atomic mass is 9.76. The van der Waals surface area contributed by atoms with E-state index in [1.807, 2.05) is 0 Å². The summed E-state index contributed by atoms with van der Waals surface area (Å²) < 4.78 is 0. The van der Waals surface area contributed by atoms with Gasteiger partial charge in [0.2, 0.25) is 0 Å². The van der Waals surface area contributed by atoms with Crippen LogP contribution in [0.3, 0.4) is 0 Å². The van der Waals surface area contributed by atoms with Gasteiger partial charge in [-0.15, -0.1) is 0 Å². The van der Waals surface area contributed by atoms with Gasteiger partial charge in [-0.1, -0.05) is 20.8 Å². The Balaban J connectivity index is 5.23. The molecule has 0 aromatic heterocycles. The van der Waals surface area contributed by atoms with Crippen LogP contribution in [0.4, 0.5) is 0 Å². The number of carboxylic acids is 1. The van der Waals surface area contributed by atoms with Gasteiger partial charge >= 0.3 is 5.97 Å². The number of aldehydes is 1. The lowest BCUT2D eigenvalue weighted by molar-refractivity contribution is -0.144. The molecule has 0 saturated carbocycles. The standard InChI is InChI=1S/C11H19NO3/c1-11(2,3)9(10(14)15)8(7-13)6-12(4)5/h6-7,9H,1-5H3,(H,14,15)/t9-/m0/s1. The minimum absolute atomic E-state index is 0.292. The number of carboxylic acid groups (broad SMARTS) is 1. The van der Waals surface area contributed by atoms with E-state index in [-0.39, 0.29) is 0 Å². The number of aliphatic carboxylic acids is 1. The zero-order chi connectivity index (χ0) is 12.2. The molecule has 0 aliphatic carbocycles. The highest BCUT2D eigenvalue weighted by Crippen LogP contribution is 2.31. The maximum absolute atomic E-state index is 11.1. The third-order valence-corrected chi connectivity index (χ3v) is 1.99. The van der Waals surface area contributed by atoms with E-state index in [1.54, 1.807) is 46.0 Å². The van der Waals surface area contributed by atoms with Crippen molar-refractivity contribution in [1.82, 2.24) is 4.90 Å². The van der Waals surface area contributed by atoms with Crippen molar-refractivity contribution >= 4 is 12.3 Å². The molecular formula is C11H19NO3. The number of hydrogen-bond acceptors (Lipinski definition) is 3. The monoisotopic (exact) mass is 213 g/mol. The van der Waals surface area contributed by atoms with Crippen LogP contribution in [0.25, 0.3) is 0 Å². The van der Waals surface area contributed by atoms with Gasteiger partial charge in [0.15, 0.2) is 0 Å². The van der Waals surface area contributed by atoms with Crippen LogP contribution >= 0.6 is 0 Å². The van der Waals surface area contributed by atoms with Crippen LogP contribution < -0.4 is 0 Å². The molecule has 0 aliphatic heterocycles. The second-order valence-electron chi connectivity index (χ2n) is 4.85. The van der Waals surface area contributed by atoms with Gasteiger partial charge in [-0.2, -0.15) is 0 Å². The lowest BCUT2D eigenvalue weighted by Crippen LogP contribution is -2.31. The fourth-order valence-electron chi connectivity index (χ4n) is 1.48. The molecule has 0 unspecified atom stereocenters. The molecule has 0 rings (SSSR count). The van der Waals surface area contributed by atoms with Gasteiger partial charge in [0, 0.05) is 25.9 Å². The quantitative estimate of drug-likeness (QED) is 0.566. The van der Waals surface area contributed by atoms with Crippen LogP contribution in [0, 0.1) is 11.3 Å². The highest BCUT2D eigenvalue weighted by Gasteiger charge is 2.34. The van der Waals surface area contributed by atoms with Crippen LogP contribution in [0.1, 0.15) is 20.8 Å². The minimum atomic E-state index is -0.970. The van der Waals surface area contributed by atoms with Gasteiger partial charge < -0.3 is 10.0 Å². The predicted molar refractivity (Wildman–Crippen MR) is 58.4 cm³/mol. The number of nitrogens with zero attached hydrogens (tertiary/aromatic N) is 1. The number of carbonyl (C=O) groups excluding carboxylic acids is 1. The number of carbonyl (C=O) groups is 2. The fraction of sp³-hybridized carbons (Fsp3) is 0.636. The average Bonchev–Trinajstić information content (AvgIpc) is 1.98. The van der Waals surface area contributed by atoms with Gasteiger partial charge in [0.05, 0.1) is 5.92 Å². The van der Waals surface area contributed by atoms with E-state index in [0.29, 0.717) is 11.9 Å². The Labute approximate surface area is 90.6 Å². The van der Waals surface area contributed by atoms with Crippen molar-refractivity contribution in [2.24, 2.45) is 11.3 Å². The van der Waals surface area contributed by atoms with Crippen molar-refractivity contribution < 1.29 is 14.7 Å². The van der Waals surface area contributed by atoms with Crippen molar-refractivity contribution in [2.75, 3.05) is 14.1 Å². The average molecular weight is 213 g/mol. The van der Waals surface area contributed by atoms with Crippen LogP contribution in [-0.4, -0.2) is 36.4 Å². The van der Waals surface area contributed by atoms with Crippen molar-refractivity contribution in [3.8, 4) is 0 Å². The van der Waals surface area contributed by atoms with Crippen LogP contribution in [0.2, 0.25) is 0 Å². The molecule has 0 radical (unpaired) electrons. The normalized spacial score (nSPS) is 14.6. The molecule has 4 heteroatoms. The molecular weight excluding hydrogens is 194 g/mol. The zero-order valence-corrected chi connectivity index (χ0v) is 9.94. The van der Waals surface area contributed by atoms with Gasteiger partial charge in [-0.25, -0.2) is 0 Å². The Bertz CT molecular complexity index is 274. The van der Waals surface area contributed by atoms with E-state index in [2.05, 4.69) is 0 Å². The molecule has 4 nitrogen and oxygen atoms in total. The van der Waals surface area contributed by atoms with E-state index < -0.39 is 17.3 Å². The second-order valence-corrected chi connectivity index (χ2v) is 4.85. The molecule has 0 aromatic rings. The third kappa shape index (κ3) is 4.14. The molecule has 0 aliphatic rings. The maximum atomic E-state index is 11.1. The molecule has 0 bridgehead atoms. The Kier molecular flexibility index (Phi) is 4.52. The highest BCUT2D eigenvalue weighted by molar-refractivity contribution is 5.86. The van der Waals surface area contributed by atoms with Gasteiger partial charge in [0.25, 0.3) is 0 Å². The Morgan fingerprint density at radius 1 is 1.33 bits per heavy atom. The zero-order valence-electron chi connectivity index (χ0n) is 9.94. The summed E-state index contributed by atoms with van der Waals surface area (Å²) in [6.45, 7) is 5.41. The predicted octanol–water partition coefficient (Wildman–Crippen LogP) is 1.38. The minimum Gasteiger partial charge on any atom is -0.481 e. The SMILES string of the molecule is CN(C)C=C(C=O)[C@@H](C(=O)O)C(C)(C)C. The van der Waals surface area contributed by atoms with Crippen LogP contribution in [0.5, 0.6) is 0 Å². The van der Waals surface area contributed by atoms with Gasteiger partial charge in [-0.05, 0) is 5.41 Å². The first-order chi connectivity index (χ1) is 6.70. The molecule has 0 heterocycles. The second kappa shape index (κ2) is 4.96. The van der Waals surface area contributed by atoms with Crippen molar-refractivity contribution in [3.05, 3.63) is 11.8 Å². The van der Waals surface area contributed by atoms with Gasteiger partial charge in [0.1, 0.15) is 6.29 Å². The van der Waals surface area contributed by atoms with Crippen molar-refractivity contribution in [3.63, 3.8) is 0 Å². The first kappa shape index (κ1) is 13.7.